The summed E-state index contributed by atoms with van der Waals surface area (Å²) < 4.78 is 4.95. The Kier molecular flexibility index (Phi) is 6.28. The van der Waals surface area contributed by atoms with Gasteiger partial charge in [0.2, 0.25) is 5.91 Å². The Labute approximate surface area is 115 Å². The molecule has 1 fully saturated rings. The Morgan fingerprint density at radius 1 is 1.37 bits per heavy atom. The van der Waals surface area contributed by atoms with Gasteiger partial charge in [0.05, 0.1) is 12.5 Å². The van der Waals surface area contributed by atoms with Crippen LogP contribution >= 0.6 is 0 Å². The summed E-state index contributed by atoms with van der Waals surface area (Å²) in [5.41, 5.74) is 0. The third kappa shape index (κ3) is 4.82. The van der Waals surface area contributed by atoms with Crippen LogP contribution in [-0.4, -0.2) is 49.6 Å². The first-order valence-electron chi connectivity index (χ1n) is 7.10. The lowest BCUT2D eigenvalue weighted by Gasteiger charge is -2.27. The van der Waals surface area contributed by atoms with Gasteiger partial charge in [0.25, 0.3) is 0 Å². The predicted octanol–water partition coefficient (Wildman–Crippen LogP) is 0.890. The topological polar surface area (TPSA) is 58.6 Å². The van der Waals surface area contributed by atoms with Crippen LogP contribution in [0.5, 0.6) is 0 Å². The first-order chi connectivity index (χ1) is 8.95. The number of carbonyl (C=O) groups is 2. The minimum Gasteiger partial charge on any atom is -0.465 e. The number of amides is 1. The molecule has 1 amide bonds. The van der Waals surface area contributed by atoms with Gasteiger partial charge in [-0.1, -0.05) is 20.8 Å². The van der Waals surface area contributed by atoms with Gasteiger partial charge in [-0.15, -0.1) is 0 Å². The van der Waals surface area contributed by atoms with E-state index in [9.17, 15) is 9.59 Å². The van der Waals surface area contributed by atoms with E-state index in [-0.39, 0.29) is 24.3 Å². The molecule has 0 saturated carbocycles. The molecular formula is C14H26N2O3. The van der Waals surface area contributed by atoms with E-state index in [1.165, 1.54) is 0 Å². The second-order valence-electron chi connectivity index (χ2n) is 5.66. The standard InChI is InChI=1S/C14H26N2O3/c1-5-19-13(17)9-16(8-10(2)3)14(18)12-7-15-6-11(12)4/h10-12,15H,5-9H2,1-4H3. The summed E-state index contributed by atoms with van der Waals surface area (Å²) in [7, 11) is 0. The number of esters is 1. The lowest BCUT2D eigenvalue weighted by Crippen LogP contribution is -2.44. The molecule has 0 aromatic carbocycles. The first-order valence-corrected chi connectivity index (χ1v) is 7.10. The molecule has 110 valence electrons. The number of hydrogen-bond donors (Lipinski definition) is 1. The van der Waals surface area contributed by atoms with Gasteiger partial charge < -0.3 is 15.0 Å². The largest absolute Gasteiger partial charge is 0.465 e. The third-order valence-corrected chi connectivity index (χ3v) is 3.36. The van der Waals surface area contributed by atoms with Crippen LogP contribution in [0.1, 0.15) is 27.7 Å². The lowest BCUT2D eigenvalue weighted by atomic mass is 9.96. The fourth-order valence-corrected chi connectivity index (χ4v) is 2.41. The van der Waals surface area contributed by atoms with E-state index in [2.05, 4.69) is 12.2 Å². The highest BCUT2D eigenvalue weighted by molar-refractivity contribution is 5.84. The predicted molar refractivity (Wildman–Crippen MR) is 73.6 cm³/mol. The molecule has 1 heterocycles. The van der Waals surface area contributed by atoms with E-state index in [0.29, 0.717) is 31.5 Å². The zero-order chi connectivity index (χ0) is 14.4. The Balaban J connectivity index is 2.66. The highest BCUT2D eigenvalue weighted by Gasteiger charge is 2.33. The van der Waals surface area contributed by atoms with E-state index in [0.717, 1.165) is 6.54 Å². The van der Waals surface area contributed by atoms with Gasteiger partial charge in [-0.05, 0) is 25.3 Å². The van der Waals surface area contributed by atoms with E-state index in [4.69, 9.17) is 4.74 Å². The van der Waals surface area contributed by atoms with Crippen molar-refractivity contribution in [1.82, 2.24) is 10.2 Å². The molecule has 1 aliphatic heterocycles. The van der Waals surface area contributed by atoms with Crippen molar-refractivity contribution in [3.8, 4) is 0 Å². The van der Waals surface area contributed by atoms with Gasteiger partial charge in [0.15, 0.2) is 0 Å². The van der Waals surface area contributed by atoms with Crippen LogP contribution in [0.2, 0.25) is 0 Å². The van der Waals surface area contributed by atoms with Crippen LogP contribution in [0.4, 0.5) is 0 Å². The van der Waals surface area contributed by atoms with E-state index in [1.807, 2.05) is 13.8 Å². The second kappa shape index (κ2) is 7.48. The highest BCUT2D eigenvalue weighted by Crippen LogP contribution is 2.19. The molecule has 1 saturated heterocycles. The van der Waals surface area contributed by atoms with Gasteiger partial charge in [-0.2, -0.15) is 0 Å². The summed E-state index contributed by atoms with van der Waals surface area (Å²) in [6.45, 7) is 10.5. The maximum Gasteiger partial charge on any atom is 0.325 e. The van der Waals surface area contributed by atoms with Crippen LogP contribution in [0, 0.1) is 17.8 Å². The molecular weight excluding hydrogens is 244 g/mol. The van der Waals surface area contributed by atoms with Gasteiger partial charge >= 0.3 is 5.97 Å². The lowest BCUT2D eigenvalue weighted by molar-refractivity contribution is -0.150. The van der Waals surface area contributed by atoms with Crippen molar-refractivity contribution in [3.63, 3.8) is 0 Å². The molecule has 5 heteroatoms. The fraction of sp³-hybridized carbons (Fsp3) is 0.857. The van der Waals surface area contributed by atoms with Crippen molar-refractivity contribution in [2.24, 2.45) is 17.8 Å². The van der Waals surface area contributed by atoms with Gasteiger partial charge in [-0.25, -0.2) is 0 Å². The van der Waals surface area contributed by atoms with Crippen LogP contribution < -0.4 is 5.32 Å². The Morgan fingerprint density at radius 3 is 2.53 bits per heavy atom. The second-order valence-corrected chi connectivity index (χ2v) is 5.66. The average Bonchev–Trinajstić information content (AvgIpc) is 2.73. The van der Waals surface area contributed by atoms with E-state index in [1.54, 1.807) is 11.8 Å². The number of nitrogens with zero attached hydrogens (tertiary/aromatic N) is 1. The molecule has 0 radical (unpaired) electrons. The first kappa shape index (κ1) is 16.0. The van der Waals surface area contributed by atoms with E-state index < -0.39 is 0 Å². The Bertz CT molecular complexity index is 318. The maximum atomic E-state index is 12.5. The molecule has 0 aromatic rings. The molecule has 1 rings (SSSR count). The highest BCUT2D eigenvalue weighted by atomic mass is 16.5. The fourth-order valence-electron chi connectivity index (χ4n) is 2.41. The minimum absolute atomic E-state index is 0.0202. The normalized spacial score (nSPS) is 22.6. The van der Waals surface area contributed by atoms with Crippen molar-refractivity contribution < 1.29 is 14.3 Å². The van der Waals surface area contributed by atoms with Gasteiger partial charge in [0, 0.05) is 13.1 Å². The summed E-state index contributed by atoms with van der Waals surface area (Å²) in [4.78, 5) is 25.8. The number of rotatable bonds is 6. The molecule has 2 atom stereocenters. The quantitative estimate of drug-likeness (QED) is 0.728. The van der Waals surface area contributed by atoms with Crippen LogP contribution in [-0.2, 0) is 14.3 Å². The number of carbonyl (C=O) groups excluding carboxylic acids is 2. The number of hydrogen-bond acceptors (Lipinski definition) is 4. The monoisotopic (exact) mass is 270 g/mol. The maximum absolute atomic E-state index is 12.5. The molecule has 5 nitrogen and oxygen atoms in total. The molecule has 0 aromatic heterocycles. The third-order valence-electron chi connectivity index (χ3n) is 3.36. The molecule has 0 spiro atoms. The van der Waals surface area contributed by atoms with Crippen molar-refractivity contribution >= 4 is 11.9 Å². The average molecular weight is 270 g/mol. The summed E-state index contributed by atoms with van der Waals surface area (Å²) in [5, 5.41) is 3.23. The van der Waals surface area contributed by atoms with Crippen molar-refractivity contribution in [1.29, 1.82) is 0 Å². The van der Waals surface area contributed by atoms with Gasteiger partial charge in [0.1, 0.15) is 6.54 Å². The van der Waals surface area contributed by atoms with Gasteiger partial charge in [-0.3, -0.25) is 9.59 Å². The summed E-state index contributed by atoms with van der Waals surface area (Å²) in [6.07, 6.45) is 0. The van der Waals surface area contributed by atoms with E-state index >= 15 is 0 Å². The smallest absolute Gasteiger partial charge is 0.325 e. The Morgan fingerprint density at radius 2 is 2.05 bits per heavy atom. The van der Waals surface area contributed by atoms with Crippen LogP contribution in [0.15, 0.2) is 0 Å². The molecule has 0 bridgehead atoms. The summed E-state index contributed by atoms with van der Waals surface area (Å²) in [5.74, 6) is 0.384. The zero-order valence-corrected chi connectivity index (χ0v) is 12.4. The summed E-state index contributed by atoms with van der Waals surface area (Å²) >= 11 is 0. The summed E-state index contributed by atoms with van der Waals surface area (Å²) in [6, 6.07) is 0. The Hall–Kier alpha value is -1.10. The van der Waals surface area contributed by atoms with Crippen LogP contribution in [0.3, 0.4) is 0 Å². The van der Waals surface area contributed by atoms with Crippen molar-refractivity contribution in [3.05, 3.63) is 0 Å². The SMILES string of the molecule is CCOC(=O)CN(CC(C)C)C(=O)C1CNCC1C. The molecule has 1 N–H and O–H groups in total. The number of nitrogens with one attached hydrogen (secondary N) is 1. The van der Waals surface area contributed by atoms with Crippen molar-refractivity contribution in [2.45, 2.75) is 27.7 Å². The molecule has 1 aliphatic rings. The molecule has 0 aliphatic carbocycles. The molecule has 2 unspecified atom stereocenters. The van der Waals surface area contributed by atoms with Crippen LogP contribution in [0.25, 0.3) is 0 Å². The minimum atomic E-state index is -0.324. The zero-order valence-electron chi connectivity index (χ0n) is 12.4. The molecule has 19 heavy (non-hydrogen) atoms. The van der Waals surface area contributed by atoms with Crippen molar-refractivity contribution in [2.75, 3.05) is 32.8 Å². The number of ether oxygens (including phenoxy) is 1.